The van der Waals surface area contributed by atoms with Crippen molar-refractivity contribution in [1.29, 1.82) is 0 Å². The highest BCUT2D eigenvalue weighted by atomic mass is 16.3. The van der Waals surface area contributed by atoms with Crippen molar-refractivity contribution >= 4 is 17.4 Å². The number of nitrogens with zero attached hydrogens (tertiary/aromatic N) is 1. The molecular formula is C24H26N2O3. The number of aryl methyl sites for hydroxylation is 1. The summed E-state index contributed by atoms with van der Waals surface area (Å²) in [4.78, 5) is 29.1. The zero-order chi connectivity index (χ0) is 20.2. The molecule has 1 aromatic heterocycles. The Labute approximate surface area is 170 Å². The van der Waals surface area contributed by atoms with Crippen LogP contribution >= 0.6 is 0 Å². The zero-order valence-electron chi connectivity index (χ0n) is 16.6. The first-order valence-electron chi connectivity index (χ1n) is 10.6. The second-order valence-corrected chi connectivity index (χ2v) is 9.07. The van der Waals surface area contributed by atoms with E-state index in [0.717, 1.165) is 38.5 Å². The number of rotatable bonds is 2. The van der Waals surface area contributed by atoms with Crippen molar-refractivity contribution in [3.05, 3.63) is 53.3 Å². The molecule has 1 amide bonds. The number of amides is 1. The van der Waals surface area contributed by atoms with Crippen molar-refractivity contribution in [2.24, 2.45) is 17.3 Å². The minimum absolute atomic E-state index is 0.100. The van der Waals surface area contributed by atoms with Gasteiger partial charge in [-0.05, 0) is 85.3 Å². The van der Waals surface area contributed by atoms with Crippen LogP contribution in [0, 0.1) is 17.3 Å². The van der Waals surface area contributed by atoms with Crippen LogP contribution in [0.1, 0.15) is 66.6 Å². The Morgan fingerprint density at radius 3 is 2.86 bits per heavy atom. The molecule has 1 aromatic carbocycles. The van der Waals surface area contributed by atoms with Crippen LogP contribution in [0.5, 0.6) is 5.75 Å². The van der Waals surface area contributed by atoms with Crippen LogP contribution in [0.4, 0.5) is 5.69 Å². The van der Waals surface area contributed by atoms with E-state index >= 15 is 0 Å². The summed E-state index contributed by atoms with van der Waals surface area (Å²) in [6.45, 7) is 2.17. The van der Waals surface area contributed by atoms with Gasteiger partial charge in [0.25, 0.3) is 5.91 Å². The molecule has 0 radical (unpaired) electrons. The Kier molecular flexibility index (Phi) is 4.23. The van der Waals surface area contributed by atoms with Gasteiger partial charge in [0.05, 0.1) is 5.69 Å². The molecule has 2 aromatic rings. The number of carbonyl (C=O) groups is 2. The second kappa shape index (κ2) is 6.68. The van der Waals surface area contributed by atoms with E-state index in [-0.39, 0.29) is 17.1 Å². The molecule has 5 nitrogen and oxygen atoms in total. The standard InChI is InChI=1S/C24H26N2O3/c1-24-10-9-15-16(18(24)7-8-22(24)28)6-5-14-12-21(27)20(13-17(14)15)26-23(29)19-4-2-3-11-25-19/h2-4,11-13,15-16,18,27H,5-10H2,1H3,(H,26,29)/t15-,16+,18-,24-/m0/s1. The molecule has 150 valence electrons. The van der Waals surface area contributed by atoms with Gasteiger partial charge in [-0.15, -0.1) is 0 Å². The van der Waals surface area contributed by atoms with Gasteiger partial charge >= 0.3 is 0 Å². The topological polar surface area (TPSA) is 79.3 Å². The SMILES string of the molecule is C[C@]12CC[C@@H]3c4cc(NC(=O)c5ccccn5)c(O)cc4CC[C@H]3[C@@H]1CCC2=O. The molecule has 3 aliphatic carbocycles. The highest BCUT2D eigenvalue weighted by Crippen LogP contribution is 2.59. The summed E-state index contributed by atoms with van der Waals surface area (Å²) < 4.78 is 0. The highest BCUT2D eigenvalue weighted by Gasteiger charge is 2.54. The first-order chi connectivity index (χ1) is 14.0. The molecule has 2 N–H and O–H groups in total. The van der Waals surface area contributed by atoms with Crippen LogP contribution in [-0.4, -0.2) is 21.8 Å². The number of nitrogens with one attached hydrogen (secondary N) is 1. The Morgan fingerprint density at radius 2 is 2.07 bits per heavy atom. The van der Waals surface area contributed by atoms with Crippen molar-refractivity contribution in [3.8, 4) is 5.75 Å². The highest BCUT2D eigenvalue weighted by molar-refractivity contribution is 6.03. The number of ketones is 1. The average molecular weight is 390 g/mol. The Morgan fingerprint density at radius 1 is 1.21 bits per heavy atom. The van der Waals surface area contributed by atoms with E-state index in [0.29, 0.717) is 34.9 Å². The quantitative estimate of drug-likeness (QED) is 0.742. The summed E-state index contributed by atoms with van der Waals surface area (Å²) in [5.41, 5.74) is 3.02. The molecule has 29 heavy (non-hydrogen) atoms. The lowest BCUT2D eigenvalue weighted by molar-refractivity contribution is -0.129. The fourth-order valence-electron chi connectivity index (χ4n) is 6.16. The normalized spacial score (nSPS) is 30.2. The number of phenolic OH excluding ortho intramolecular Hbond substituents is 1. The van der Waals surface area contributed by atoms with Gasteiger partial charge in [-0.25, -0.2) is 0 Å². The largest absolute Gasteiger partial charge is 0.506 e. The summed E-state index contributed by atoms with van der Waals surface area (Å²) in [7, 11) is 0. The van der Waals surface area contributed by atoms with Gasteiger partial charge in [0.2, 0.25) is 0 Å². The molecule has 2 fully saturated rings. The van der Waals surface area contributed by atoms with Gasteiger partial charge in [-0.1, -0.05) is 13.0 Å². The van der Waals surface area contributed by atoms with Crippen LogP contribution in [0.15, 0.2) is 36.5 Å². The van der Waals surface area contributed by atoms with Gasteiger partial charge in [-0.3, -0.25) is 14.6 Å². The maximum Gasteiger partial charge on any atom is 0.274 e. The lowest BCUT2D eigenvalue weighted by atomic mass is 9.55. The first kappa shape index (κ1) is 18.3. The minimum Gasteiger partial charge on any atom is -0.506 e. The molecule has 2 saturated carbocycles. The number of hydrogen-bond acceptors (Lipinski definition) is 4. The molecule has 5 heteroatoms. The van der Waals surface area contributed by atoms with Crippen molar-refractivity contribution in [1.82, 2.24) is 4.98 Å². The van der Waals surface area contributed by atoms with Gasteiger partial charge in [0.1, 0.15) is 17.2 Å². The molecule has 4 atom stereocenters. The van der Waals surface area contributed by atoms with Gasteiger partial charge < -0.3 is 10.4 Å². The number of aromatic nitrogens is 1. The van der Waals surface area contributed by atoms with Crippen molar-refractivity contribution < 1.29 is 14.7 Å². The minimum atomic E-state index is -0.328. The van der Waals surface area contributed by atoms with E-state index in [1.54, 1.807) is 24.4 Å². The summed E-state index contributed by atoms with van der Waals surface area (Å²) >= 11 is 0. The Hall–Kier alpha value is -2.69. The van der Waals surface area contributed by atoms with Crippen LogP contribution in [0.3, 0.4) is 0 Å². The van der Waals surface area contributed by atoms with Gasteiger partial charge in [0, 0.05) is 18.0 Å². The number of pyridine rings is 1. The van der Waals surface area contributed by atoms with Crippen LogP contribution in [-0.2, 0) is 11.2 Å². The third-order valence-corrected chi connectivity index (χ3v) is 7.70. The third-order valence-electron chi connectivity index (χ3n) is 7.70. The summed E-state index contributed by atoms with van der Waals surface area (Å²) in [5.74, 6) is 1.59. The zero-order valence-corrected chi connectivity index (χ0v) is 16.6. The van der Waals surface area contributed by atoms with E-state index in [1.807, 2.05) is 12.1 Å². The number of Topliss-reactive ketones (excluding diaryl/α,β-unsaturated/α-hetero) is 1. The van der Waals surface area contributed by atoms with Crippen LogP contribution in [0.2, 0.25) is 0 Å². The number of phenols is 1. The Bertz CT molecular complexity index is 987. The fraction of sp³-hybridized carbons (Fsp3) is 0.458. The molecule has 0 saturated heterocycles. The predicted octanol–water partition coefficient (Wildman–Crippen LogP) is 4.46. The average Bonchev–Trinajstić information content (AvgIpc) is 3.04. The number of anilines is 1. The summed E-state index contributed by atoms with van der Waals surface area (Å²) in [6.07, 6.45) is 7.23. The molecular weight excluding hydrogens is 364 g/mol. The van der Waals surface area contributed by atoms with Crippen LogP contribution in [0.25, 0.3) is 0 Å². The summed E-state index contributed by atoms with van der Waals surface area (Å²) in [5, 5.41) is 13.3. The Balaban J connectivity index is 1.46. The fourth-order valence-corrected chi connectivity index (χ4v) is 6.16. The van der Waals surface area contributed by atoms with E-state index < -0.39 is 0 Å². The van der Waals surface area contributed by atoms with E-state index in [1.165, 1.54) is 11.1 Å². The predicted molar refractivity (Wildman–Crippen MR) is 110 cm³/mol. The molecule has 5 rings (SSSR count). The lowest BCUT2D eigenvalue weighted by Crippen LogP contribution is -2.42. The summed E-state index contributed by atoms with van der Waals surface area (Å²) in [6, 6.07) is 8.95. The first-order valence-corrected chi connectivity index (χ1v) is 10.6. The maximum atomic E-state index is 12.5. The number of hydrogen-bond donors (Lipinski definition) is 2. The van der Waals surface area contributed by atoms with Gasteiger partial charge in [-0.2, -0.15) is 0 Å². The molecule has 0 aliphatic heterocycles. The van der Waals surface area contributed by atoms with E-state index in [4.69, 9.17) is 0 Å². The smallest absolute Gasteiger partial charge is 0.274 e. The number of aromatic hydroxyl groups is 1. The molecule has 3 aliphatic rings. The molecule has 0 bridgehead atoms. The van der Waals surface area contributed by atoms with Crippen LogP contribution < -0.4 is 5.32 Å². The lowest BCUT2D eigenvalue weighted by Gasteiger charge is -2.48. The second-order valence-electron chi connectivity index (χ2n) is 9.07. The molecule has 0 unspecified atom stereocenters. The monoisotopic (exact) mass is 390 g/mol. The number of carbonyl (C=O) groups excluding carboxylic acids is 2. The molecule has 1 heterocycles. The van der Waals surface area contributed by atoms with Gasteiger partial charge in [0.15, 0.2) is 0 Å². The van der Waals surface area contributed by atoms with Crippen molar-refractivity contribution in [2.45, 2.75) is 51.4 Å². The maximum absolute atomic E-state index is 12.5. The van der Waals surface area contributed by atoms with E-state index in [2.05, 4.69) is 17.2 Å². The third kappa shape index (κ3) is 2.86. The molecule has 0 spiro atoms. The van der Waals surface area contributed by atoms with E-state index in [9.17, 15) is 14.7 Å². The number of fused-ring (bicyclic) bond motifs is 5. The number of benzene rings is 1. The van der Waals surface area contributed by atoms with Crippen molar-refractivity contribution in [3.63, 3.8) is 0 Å². The van der Waals surface area contributed by atoms with Crippen molar-refractivity contribution in [2.75, 3.05) is 5.32 Å².